The van der Waals surface area contributed by atoms with Crippen LogP contribution in [0.4, 0.5) is 4.79 Å². The van der Waals surface area contributed by atoms with Crippen LogP contribution in [0.1, 0.15) is 58.7 Å². The quantitative estimate of drug-likeness (QED) is 0.342. The van der Waals surface area contributed by atoms with Gasteiger partial charge < -0.3 is 20.1 Å². The number of rotatable bonds is 5. The molecule has 4 heterocycles. The summed E-state index contributed by atoms with van der Waals surface area (Å²) >= 11 is 1.44. The van der Waals surface area contributed by atoms with E-state index in [1.165, 1.54) is 16.9 Å². The van der Waals surface area contributed by atoms with Crippen LogP contribution in [0.5, 0.6) is 0 Å². The monoisotopic (exact) mass is 557 g/mol. The zero-order valence-corrected chi connectivity index (χ0v) is 24.6. The van der Waals surface area contributed by atoms with Crippen LogP contribution in [0.25, 0.3) is 27.9 Å². The number of aromatic nitrogens is 4. The molecule has 4 aromatic rings. The third-order valence-electron chi connectivity index (χ3n) is 7.06. The molecule has 9 nitrogen and oxygen atoms in total. The number of urea groups is 1. The van der Waals surface area contributed by atoms with Crippen molar-refractivity contribution < 1.29 is 9.59 Å². The Labute approximate surface area is 238 Å². The number of H-pyrrole nitrogens is 1. The second-order valence-electron chi connectivity index (χ2n) is 11.4. The van der Waals surface area contributed by atoms with Gasteiger partial charge in [-0.25, -0.2) is 19.7 Å². The summed E-state index contributed by atoms with van der Waals surface area (Å²) in [6.45, 7) is 10.0. The van der Waals surface area contributed by atoms with E-state index in [0.29, 0.717) is 24.5 Å². The fourth-order valence-electron chi connectivity index (χ4n) is 4.74. The summed E-state index contributed by atoms with van der Waals surface area (Å²) in [6, 6.07) is 8.31. The van der Waals surface area contributed by atoms with E-state index in [0.717, 1.165) is 50.5 Å². The standard InChI is InChI=1S/C30H35N7O2S/c1-18-13-20(7-8-21(18)15-31-27(38)24-16-32-28(40-24)30(2,3)4)25-22-14-23(35-26(22)34-17-33-25)19-9-11-37(12-10-19)29(39)36(5)6/h7-9,13-14,16-17H,10-12,15H2,1-6H3,(H,31,38)(H,33,34,35). The van der Waals surface area contributed by atoms with Gasteiger partial charge in [0.15, 0.2) is 0 Å². The highest BCUT2D eigenvalue weighted by Crippen LogP contribution is 2.31. The minimum atomic E-state index is -0.111. The fraction of sp³-hybridized carbons (Fsp3) is 0.367. The minimum Gasteiger partial charge on any atom is -0.347 e. The molecule has 1 aliphatic rings. The lowest BCUT2D eigenvalue weighted by atomic mass is 9.98. The van der Waals surface area contributed by atoms with E-state index in [9.17, 15) is 9.59 Å². The van der Waals surface area contributed by atoms with E-state index in [1.807, 2.05) is 24.0 Å². The molecule has 0 saturated heterocycles. The SMILES string of the molecule is Cc1cc(-c2ncnc3[nH]c(C4=CCN(C(=O)N(C)C)CC4)cc23)ccc1CNC(=O)c1cnc(C(C)(C)C)s1. The van der Waals surface area contributed by atoms with Gasteiger partial charge in [0.05, 0.1) is 16.9 Å². The lowest BCUT2D eigenvalue weighted by Gasteiger charge is -2.28. The van der Waals surface area contributed by atoms with Crippen molar-refractivity contribution in [3.63, 3.8) is 0 Å². The molecule has 0 unspecified atom stereocenters. The second kappa shape index (κ2) is 10.8. The average molecular weight is 558 g/mol. The van der Waals surface area contributed by atoms with Crippen LogP contribution >= 0.6 is 11.3 Å². The molecule has 3 amide bonds. The summed E-state index contributed by atoms with van der Waals surface area (Å²) < 4.78 is 0. The number of carbonyl (C=O) groups excluding carboxylic acids is 2. The van der Waals surface area contributed by atoms with E-state index in [1.54, 1.807) is 31.5 Å². The number of nitrogens with zero attached hydrogens (tertiary/aromatic N) is 5. The first-order valence-corrected chi connectivity index (χ1v) is 14.2. The van der Waals surface area contributed by atoms with Crippen LogP contribution in [0, 0.1) is 6.92 Å². The number of carbonyl (C=O) groups is 2. The Hall–Kier alpha value is -4.05. The first-order chi connectivity index (χ1) is 19.0. The highest BCUT2D eigenvalue weighted by molar-refractivity contribution is 7.13. The molecule has 0 atom stereocenters. The summed E-state index contributed by atoms with van der Waals surface area (Å²) in [5.41, 5.74) is 6.83. The highest BCUT2D eigenvalue weighted by Gasteiger charge is 2.22. The number of fused-ring (bicyclic) bond motifs is 1. The molecule has 1 aromatic carbocycles. The molecule has 40 heavy (non-hydrogen) atoms. The molecule has 0 radical (unpaired) electrons. The topological polar surface area (TPSA) is 107 Å². The number of nitrogens with one attached hydrogen (secondary N) is 2. The molecule has 0 fully saturated rings. The summed E-state index contributed by atoms with van der Waals surface area (Å²) in [6.07, 6.45) is 6.11. The Morgan fingerprint density at radius 2 is 1.95 bits per heavy atom. The summed E-state index contributed by atoms with van der Waals surface area (Å²) in [7, 11) is 3.55. The fourth-order valence-corrected chi connectivity index (χ4v) is 5.63. The predicted octanol–water partition coefficient (Wildman–Crippen LogP) is 5.39. The smallest absolute Gasteiger partial charge is 0.319 e. The Balaban J connectivity index is 1.32. The van der Waals surface area contributed by atoms with Crippen molar-refractivity contribution in [2.75, 3.05) is 27.2 Å². The number of benzene rings is 1. The molecule has 0 spiro atoms. The van der Waals surface area contributed by atoms with Crippen molar-refractivity contribution in [1.29, 1.82) is 0 Å². The van der Waals surface area contributed by atoms with Crippen LogP contribution in [0.15, 0.2) is 42.9 Å². The van der Waals surface area contributed by atoms with E-state index in [4.69, 9.17) is 0 Å². The summed E-state index contributed by atoms with van der Waals surface area (Å²) in [5.74, 6) is -0.111. The lowest BCUT2D eigenvalue weighted by molar-refractivity contribution is 0.0954. The van der Waals surface area contributed by atoms with Gasteiger partial charge in [-0.15, -0.1) is 11.3 Å². The van der Waals surface area contributed by atoms with E-state index in [2.05, 4.69) is 64.2 Å². The van der Waals surface area contributed by atoms with Crippen LogP contribution in [0.2, 0.25) is 0 Å². The molecule has 0 bridgehead atoms. The number of thiazole rings is 1. The molecule has 208 valence electrons. The normalized spacial score (nSPS) is 13.8. The number of aromatic amines is 1. The summed E-state index contributed by atoms with van der Waals surface area (Å²) in [4.78, 5) is 46.0. The van der Waals surface area contributed by atoms with Crippen molar-refractivity contribution >= 4 is 39.9 Å². The van der Waals surface area contributed by atoms with Gasteiger partial charge in [-0.3, -0.25) is 4.79 Å². The molecule has 10 heteroatoms. The van der Waals surface area contributed by atoms with Crippen molar-refractivity contribution in [3.05, 3.63) is 69.6 Å². The molecule has 2 N–H and O–H groups in total. The van der Waals surface area contributed by atoms with Crippen molar-refractivity contribution in [2.45, 2.75) is 46.1 Å². The van der Waals surface area contributed by atoms with E-state index < -0.39 is 0 Å². The largest absolute Gasteiger partial charge is 0.347 e. The number of hydrogen-bond donors (Lipinski definition) is 2. The Morgan fingerprint density at radius 3 is 2.60 bits per heavy atom. The van der Waals surface area contributed by atoms with Crippen LogP contribution < -0.4 is 5.32 Å². The van der Waals surface area contributed by atoms with Crippen LogP contribution in [0.3, 0.4) is 0 Å². The van der Waals surface area contributed by atoms with E-state index >= 15 is 0 Å². The molecular formula is C30H35N7O2S. The van der Waals surface area contributed by atoms with Gasteiger partial charge in [-0.1, -0.05) is 39.0 Å². The Kier molecular flexibility index (Phi) is 7.46. The maximum atomic E-state index is 12.7. The first-order valence-electron chi connectivity index (χ1n) is 13.3. The van der Waals surface area contributed by atoms with Crippen molar-refractivity contribution in [1.82, 2.24) is 35.1 Å². The number of aryl methyl sites for hydroxylation is 1. The highest BCUT2D eigenvalue weighted by atomic mass is 32.1. The minimum absolute atomic E-state index is 0.0247. The molecule has 0 aliphatic carbocycles. The number of hydrogen-bond acceptors (Lipinski definition) is 6. The van der Waals surface area contributed by atoms with Gasteiger partial charge in [0.2, 0.25) is 0 Å². The zero-order chi connectivity index (χ0) is 28.6. The molecule has 3 aromatic heterocycles. The zero-order valence-electron chi connectivity index (χ0n) is 23.8. The Bertz CT molecular complexity index is 1610. The maximum absolute atomic E-state index is 12.7. The molecule has 1 aliphatic heterocycles. The average Bonchev–Trinajstić information content (AvgIpc) is 3.60. The van der Waals surface area contributed by atoms with Crippen molar-refractivity contribution in [2.24, 2.45) is 0 Å². The third-order valence-corrected chi connectivity index (χ3v) is 8.48. The maximum Gasteiger partial charge on any atom is 0.319 e. The predicted molar refractivity (Wildman–Crippen MR) is 159 cm³/mol. The van der Waals surface area contributed by atoms with Crippen LogP contribution in [-0.2, 0) is 12.0 Å². The van der Waals surface area contributed by atoms with Crippen molar-refractivity contribution in [3.8, 4) is 11.3 Å². The van der Waals surface area contributed by atoms with Gasteiger partial charge >= 0.3 is 6.03 Å². The van der Waals surface area contributed by atoms with Crippen LogP contribution in [-0.4, -0.2) is 68.9 Å². The second-order valence-corrected chi connectivity index (χ2v) is 12.4. The Morgan fingerprint density at radius 1 is 1.15 bits per heavy atom. The van der Waals surface area contributed by atoms with Gasteiger partial charge in [0.1, 0.15) is 16.9 Å². The number of amides is 3. The summed E-state index contributed by atoms with van der Waals surface area (Å²) in [5, 5.41) is 4.93. The molecular weight excluding hydrogens is 522 g/mol. The lowest BCUT2D eigenvalue weighted by Crippen LogP contribution is -2.41. The van der Waals surface area contributed by atoms with Gasteiger partial charge in [-0.05, 0) is 42.2 Å². The molecule has 0 saturated carbocycles. The first kappa shape index (κ1) is 27.5. The van der Waals surface area contributed by atoms with Gasteiger partial charge in [-0.2, -0.15) is 0 Å². The third kappa shape index (κ3) is 5.62. The molecule has 5 rings (SSSR count). The van der Waals surface area contributed by atoms with E-state index in [-0.39, 0.29) is 17.4 Å². The van der Waals surface area contributed by atoms with Gasteiger partial charge in [0.25, 0.3) is 5.91 Å². The van der Waals surface area contributed by atoms with Gasteiger partial charge in [0, 0.05) is 55.8 Å².